The molecule has 23 heavy (non-hydrogen) atoms. The molecule has 2 fully saturated rings. The lowest BCUT2D eigenvalue weighted by Gasteiger charge is -2.53. The summed E-state index contributed by atoms with van der Waals surface area (Å²) in [6, 6.07) is 6.45. The highest BCUT2D eigenvalue weighted by atomic mass is 19.1. The van der Waals surface area contributed by atoms with E-state index in [2.05, 4.69) is 11.9 Å². The second-order valence-electron chi connectivity index (χ2n) is 7.02. The molecule has 0 spiro atoms. The van der Waals surface area contributed by atoms with Crippen LogP contribution in [0.2, 0.25) is 0 Å². The molecule has 1 aromatic rings. The van der Waals surface area contributed by atoms with Crippen molar-refractivity contribution >= 4 is 5.91 Å². The number of aliphatic hydroxyl groups excluding tert-OH is 1. The van der Waals surface area contributed by atoms with E-state index in [1.54, 1.807) is 12.1 Å². The summed E-state index contributed by atoms with van der Waals surface area (Å²) in [4.78, 5) is 16.7. The molecule has 2 aliphatic rings. The van der Waals surface area contributed by atoms with Crippen molar-refractivity contribution in [1.82, 2.24) is 9.80 Å². The van der Waals surface area contributed by atoms with Crippen LogP contribution in [0, 0.1) is 11.2 Å². The van der Waals surface area contributed by atoms with E-state index in [-0.39, 0.29) is 36.2 Å². The zero-order chi connectivity index (χ0) is 16.4. The number of likely N-dealkylation sites (tertiary alicyclic amines) is 2. The monoisotopic (exact) mass is 320 g/mol. The van der Waals surface area contributed by atoms with Gasteiger partial charge < -0.3 is 14.9 Å². The average Bonchev–Trinajstić information content (AvgIpc) is 2.55. The maximum atomic E-state index is 13.3. The van der Waals surface area contributed by atoms with Crippen LogP contribution >= 0.6 is 0 Å². The van der Waals surface area contributed by atoms with Gasteiger partial charge in [0, 0.05) is 24.5 Å². The standard InChI is InChI=1S/C18H25FN2O2/c1-20-8-3-6-18(13-22)7-9-21(12-16(18)20)17(23)11-14-4-2-5-15(19)10-14/h2,4-5,10,16,22H,3,6-9,11-13H2,1H3/t16-,18-/m1/s1. The molecular formula is C18H25FN2O2. The summed E-state index contributed by atoms with van der Waals surface area (Å²) >= 11 is 0. The lowest BCUT2D eigenvalue weighted by Crippen LogP contribution is -2.62. The van der Waals surface area contributed by atoms with Crippen LogP contribution in [0.3, 0.4) is 0 Å². The summed E-state index contributed by atoms with van der Waals surface area (Å²) in [5.41, 5.74) is 0.647. The van der Waals surface area contributed by atoms with E-state index in [1.807, 2.05) is 4.90 Å². The van der Waals surface area contributed by atoms with Gasteiger partial charge in [0.15, 0.2) is 0 Å². The molecule has 1 amide bonds. The molecular weight excluding hydrogens is 295 g/mol. The summed E-state index contributed by atoms with van der Waals surface area (Å²) in [6.07, 6.45) is 3.21. The van der Waals surface area contributed by atoms with Crippen molar-refractivity contribution in [3.8, 4) is 0 Å². The Morgan fingerprint density at radius 3 is 2.96 bits per heavy atom. The highest BCUT2D eigenvalue weighted by Gasteiger charge is 2.47. The van der Waals surface area contributed by atoms with Gasteiger partial charge in [-0.3, -0.25) is 4.79 Å². The fraction of sp³-hybridized carbons (Fsp3) is 0.611. The molecule has 1 N–H and O–H groups in total. The zero-order valence-electron chi connectivity index (χ0n) is 13.7. The van der Waals surface area contributed by atoms with Crippen LogP contribution in [-0.4, -0.2) is 60.1 Å². The average molecular weight is 320 g/mol. The highest BCUT2D eigenvalue weighted by molar-refractivity contribution is 5.79. The van der Waals surface area contributed by atoms with Gasteiger partial charge in [0.2, 0.25) is 5.91 Å². The largest absolute Gasteiger partial charge is 0.396 e. The molecule has 2 heterocycles. The molecule has 0 saturated carbocycles. The van der Waals surface area contributed by atoms with Crippen molar-refractivity contribution in [3.05, 3.63) is 35.6 Å². The molecule has 3 rings (SSSR count). The van der Waals surface area contributed by atoms with Gasteiger partial charge in [0.25, 0.3) is 0 Å². The topological polar surface area (TPSA) is 43.8 Å². The zero-order valence-corrected chi connectivity index (χ0v) is 13.7. The molecule has 2 saturated heterocycles. The van der Waals surface area contributed by atoms with E-state index in [9.17, 15) is 14.3 Å². The summed E-state index contributed by atoms with van der Waals surface area (Å²) in [5, 5.41) is 9.91. The van der Waals surface area contributed by atoms with Crippen molar-refractivity contribution in [2.75, 3.05) is 33.3 Å². The fourth-order valence-electron chi connectivity index (χ4n) is 4.18. The van der Waals surface area contributed by atoms with Crippen molar-refractivity contribution in [2.24, 2.45) is 5.41 Å². The van der Waals surface area contributed by atoms with Crippen LogP contribution in [0.15, 0.2) is 24.3 Å². The predicted molar refractivity (Wildman–Crippen MR) is 86.5 cm³/mol. The SMILES string of the molecule is CN1CCC[C@]2(CO)CCN(C(=O)Cc3cccc(F)c3)C[C@@H]12. The number of halogens is 1. The van der Waals surface area contributed by atoms with Crippen LogP contribution in [-0.2, 0) is 11.2 Å². The van der Waals surface area contributed by atoms with Crippen LogP contribution < -0.4 is 0 Å². The first-order valence-electron chi connectivity index (χ1n) is 8.37. The number of rotatable bonds is 3. The molecule has 2 atom stereocenters. The molecule has 0 aromatic heterocycles. The normalized spacial score (nSPS) is 28.5. The molecule has 4 nitrogen and oxygen atoms in total. The Morgan fingerprint density at radius 2 is 2.22 bits per heavy atom. The third kappa shape index (κ3) is 3.26. The molecule has 0 radical (unpaired) electrons. The molecule has 0 bridgehead atoms. The first-order chi connectivity index (χ1) is 11.0. The van der Waals surface area contributed by atoms with Crippen LogP contribution in [0.5, 0.6) is 0 Å². The van der Waals surface area contributed by atoms with E-state index >= 15 is 0 Å². The predicted octanol–water partition coefficient (Wildman–Crippen LogP) is 1.67. The molecule has 5 heteroatoms. The minimum Gasteiger partial charge on any atom is -0.396 e. The van der Waals surface area contributed by atoms with Crippen molar-refractivity contribution in [2.45, 2.75) is 31.7 Å². The van der Waals surface area contributed by atoms with Crippen LogP contribution in [0.4, 0.5) is 4.39 Å². The maximum absolute atomic E-state index is 13.3. The minimum absolute atomic E-state index is 0.0427. The molecule has 126 valence electrons. The second kappa shape index (κ2) is 6.57. The Hall–Kier alpha value is -1.46. The van der Waals surface area contributed by atoms with Gasteiger partial charge in [-0.05, 0) is 50.6 Å². The number of likely N-dealkylation sites (N-methyl/N-ethyl adjacent to an activating group) is 1. The number of fused-ring (bicyclic) bond motifs is 1. The van der Waals surface area contributed by atoms with Gasteiger partial charge in [0.05, 0.1) is 13.0 Å². The first-order valence-corrected chi connectivity index (χ1v) is 8.37. The number of benzene rings is 1. The molecule has 0 aliphatic carbocycles. The van der Waals surface area contributed by atoms with Gasteiger partial charge in [0.1, 0.15) is 5.82 Å². The van der Waals surface area contributed by atoms with Crippen LogP contribution in [0.25, 0.3) is 0 Å². The number of nitrogens with zero attached hydrogens (tertiary/aromatic N) is 2. The Morgan fingerprint density at radius 1 is 1.39 bits per heavy atom. The van der Waals surface area contributed by atoms with E-state index < -0.39 is 0 Å². The summed E-state index contributed by atoms with van der Waals surface area (Å²) in [5.74, 6) is -0.263. The number of hydrogen-bond donors (Lipinski definition) is 1. The Bertz CT molecular complexity index is 580. The smallest absolute Gasteiger partial charge is 0.227 e. The first kappa shape index (κ1) is 16.4. The van der Waals surface area contributed by atoms with Gasteiger partial charge in [-0.25, -0.2) is 4.39 Å². The third-order valence-corrected chi connectivity index (χ3v) is 5.61. The Balaban J connectivity index is 1.69. The third-order valence-electron chi connectivity index (χ3n) is 5.61. The number of hydrogen-bond acceptors (Lipinski definition) is 3. The van der Waals surface area contributed by atoms with Gasteiger partial charge >= 0.3 is 0 Å². The van der Waals surface area contributed by atoms with Crippen molar-refractivity contribution in [1.29, 1.82) is 0 Å². The molecule has 2 aliphatic heterocycles. The highest BCUT2D eigenvalue weighted by Crippen LogP contribution is 2.41. The van der Waals surface area contributed by atoms with Crippen LogP contribution in [0.1, 0.15) is 24.8 Å². The number of amides is 1. The van der Waals surface area contributed by atoms with E-state index in [4.69, 9.17) is 0 Å². The van der Waals surface area contributed by atoms with Gasteiger partial charge in [-0.1, -0.05) is 12.1 Å². The quantitative estimate of drug-likeness (QED) is 0.921. The lowest BCUT2D eigenvalue weighted by molar-refractivity contribution is -0.139. The van der Waals surface area contributed by atoms with Gasteiger partial charge in [-0.15, -0.1) is 0 Å². The minimum atomic E-state index is -0.305. The van der Waals surface area contributed by atoms with E-state index in [0.717, 1.165) is 25.8 Å². The molecule has 1 aromatic carbocycles. The second-order valence-corrected chi connectivity index (χ2v) is 7.02. The molecule has 0 unspecified atom stereocenters. The Kier molecular flexibility index (Phi) is 4.69. The summed E-state index contributed by atoms with van der Waals surface area (Å²) in [6.45, 7) is 2.54. The van der Waals surface area contributed by atoms with Gasteiger partial charge in [-0.2, -0.15) is 0 Å². The summed E-state index contributed by atoms with van der Waals surface area (Å²) in [7, 11) is 2.08. The number of carbonyl (C=O) groups is 1. The summed E-state index contributed by atoms with van der Waals surface area (Å²) < 4.78 is 13.3. The number of piperidine rings is 2. The van der Waals surface area contributed by atoms with Crippen molar-refractivity contribution in [3.63, 3.8) is 0 Å². The number of carbonyl (C=O) groups excluding carboxylic acids is 1. The number of aliphatic hydroxyl groups is 1. The lowest BCUT2D eigenvalue weighted by atomic mass is 9.69. The van der Waals surface area contributed by atoms with E-state index in [1.165, 1.54) is 12.1 Å². The van der Waals surface area contributed by atoms with E-state index in [0.29, 0.717) is 18.7 Å². The fourth-order valence-corrected chi connectivity index (χ4v) is 4.18. The Labute approximate surface area is 136 Å². The maximum Gasteiger partial charge on any atom is 0.227 e. The van der Waals surface area contributed by atoms with Crippen molar-refractivity contribution < 1.29 is 14.3 Å².